The Labute approximate surface area is 106 Å². The van der Waals surface area contributed by atoms with Crippen LogP contribution in [0.15, 0.2) is 30.3 Å². The lowest BCUT2D eigenvalue weighted by Crippen LogP contribution is -2.47. The molecule has 1 aromatic rings. The Kier molecular flexibility index (Phi) is 4.87. The molecule has 18 heavy (non-hydrogen) atoms. The van der Waals surface area contributed by atoms with Gasteiger partial charge in [-0.1, -0.05) is 24.3 Å². The van der Waals surface area contributed by atoms with Gasteiger partial charge in [-0.15, -0.1) is 0 Å². The second-order valence-corrected chi connectivity index (χ2v) is 4.36. The fourth-order valence-electron chi connectivity index (χ4n) is 2.00. The molecule has 0 bridgehead atoms. The summed E-state index contributed by atoms with van der Waals surface area (Å²) in [5.41, 5.74) is 0.977. The summed E-state index contributed by atoms with van der Waals surface area (Å²) in [5, 5.41) is 9.22. The van der Waals surface area contributed by atoms with Crippen molar-refractivity contribution in [2.24, 2.45) is 0 Å². The van der Waals surface area contributed by atoms with Gasteiger partial charge in [-0.05, 0) is 17.7 Å². The first kappa shape index (κ1) is 13.2. The fraction of sp³-hybridized carbons (Fsp3) is 0.429. The van der Waals surface area contributed by atoms with Gasteiger partial charge in [-0.25, -0.2) is 4.39 Å². The van der Waals surface area contributed by atoms with Crippen LogP contribution in [0.1, 0.15) is 5.56 Å². The highest BCUT2D eigenvalue weighted by Crippen LogP contribution is 2.08. The largest absolute Gasteiger partial charge is 0.395 e. The van der Waals surface area contributed by atoms with Gasteiger partial charge in [0.05, 0.1) is 25.9 Å². The van der Waals surface area contributed by atoms with Crippen LogP contribution < -0.4 is 0 Å². The molecule has 0 amide bonds. The molecule has 1 aliphatic rings. The third-order valence-corrected chi connectivity index (χ3v) is 3.08. The molecule has 1 aliphatic heterocycles. The highest BCUT2D eigenvalue weighted by molar-refractivity contribution is 5.48. The average Bonchev–Trinajstić information content (AvgIpc) is 2.41. The molecule has 1 aromatic carbocycles. The normalized spacial score (nSPS) is 21.6. The average molecular weight is 251 g/mol. The van der Waals surface area contributed by atoms with E-state index in [0.29, 0.717) is 13.2 Å². The van der Waals surface area contributed by atoms with Crippen LogP contribution in [0.4, 0.5) is 4.39 Å². The molecular weight excluding hydrogens is 233 g/mol. The van der Waals surface area contributed by atoms with Crippen molar-refractivity contribution < 1.29 is 14.2 Å². The summed E-state index contributed by atoms with van der Waals surface area (Å²) in [6.07, 6.45) is 3.99. The summed E-state index contributed by atoms with van der Waals surface area (Å²) in [6, 6.07) is 6.47. The number of aliphatic hydroxyl groups excluding tert-OH is 1. The molecule has 0 radical (unpaired) electrons. The summed E-state index contributed by atoms with van der Waals surface area (Å²) < 4.78 is 18.0. The minimum Gasteiger partial charge on any atom is -0.395 e. The van der Waals surface area contributed by atoms with E-state index in [0.717, 1.165) is 18.7 Å². The van der Waals surface area contributed by atoms with Gasteiger partial charge in [0.25, 0.3) is 0 Å². The van der Waals surface area contributed by atoms with Crippen molar-refractivity contribution in [1.82, 2.24) is 4.90 Å². The Hall–Kier alpha value is -1.23. The first-order valence-corrected chi connectivity index (χ1v) is 6.14. The van der Waals surface area contributed by atoms with Crippen molar-refractivity contribution in [3.05, 3.63) is 41.7 Å². The standard InChI is InChI=1S/C14H18FNO2/c15-13-5-3-12(4-6-13)2-1-7-16-8-9-18-11-14(16)10-17/h1-6,14,17H,7-11H2/b2-1+/t14-/m1/s1. The lowest BCUT2D eigenvalue weighted by Gasteiger charge is -2.33. The molecule has 0 unspecified atom stereocenters. The molecule has 1 saturated heterocycles. The summed E-state index contributed by atoms with van der Waals surface area (Å²) in [7, 11) is 0. The Bertz CT molecular complexity index is 391. The maximum absolute atomic E-state index is 12.7. The Balaban J connectivity index is 1.88. The number of nitrogens with zero attached hydrogens (tertiary/aromatic N) is 1. The van der Waals surface area contributed by atoms with E-state index in [1.54, 1.807) is 12.1 Å². The molecular formula is C14H18FNO2. The zero-order chi connectivity index (χ0) is 12.8. The van der Waals surface area contributed by atoms with Crippen molar-refractivity contribution in [1.29, 1.82) is 0 Å². The van der Waals surface area contributed by atoms with Gasteiger partial charge in [0.2, 0.25) is 0 Å². The van der Waals surface area contributed by atoms with Crippen molar-refractivity contribution in [3.63, 3.8) is 0 Å². The molecule has 1 N–H and O–H groups in total. The minimum absolute atomic E-state index is 0.0802. The Morgan fingerprint density at radius 2 is 2.17 bits per heavy atom. The number of hydrogen-bond donors (Lipinski definition) is 1. The van der Waals surface area contributed by atoms with E-state index in [4.69, 9.17) is 4.74 Å². The molecule has 0 aromatic heterocycles. The number of rotatable bonds is 4. The second-order valence-electron chi connectivity index (χ2n) is 4.36. The van der Waals surface area contributed by atoms with Crippen LogP contribution >= 0.6 is 0 Å². The van der Waals surface area contributed by atoms with Crippen LogP contribution in [0.5, 0.6) is 0 Å². The number of ether oxygens (including phenoxy) is 1. The van der Waals surface area contributed by atoms with E-state index >= 15 is 0 Å². The first-order valence-electron chi connectivity index (χ1n) is 6.14. The third kappa shape index (κ3) is 3.63. The van der Waals surface area contributed by atoms with E-state index in [1.165, 1.54) is 12.1 Å². The fourth-order valence-corrected chi connectivity index (χ4v) is 2.00. The smallest absolute Gasteiger partial charge is 0.123 e. The van der Waals surface area contributed by atoms with Crippen molar-refractivity contribution >= 4 is 6.08 Å². The highest BCUT2D eigenvalue weighted by Gasteiger charge is 2.20. The summed E-state index contributed by atoms with van der Waals surface area (Å²) in [5.74, 6) is -0.222. The monoisotopic (exact) mass is 251 g/mol. The molecule has 98 valence electrons. The maximum Gasteiger partial charge on any atom is 0.123 e. The van der Waals surface area contributed by atoms with E-state index < -0.39 is 0 Å². The third-order valence-electron chi connectivity index (χ3n) is 3.08. The van der Waals surface area contributed by atoms with E-state index in [1.807, 2.05) is 12.2 Å². The molecule has 4 heteroatoms. The van der Waals surface area contributed by atoms with E-state index in [9.17, 15) is 9.50 Å². The van der Waals surface area contributed by atoms with E-state index in [2.05, 4.69) is 4.90 Å². The van der Waals surface area contributed by atoms with Crippen LogP contribution in [0, 0.1) is 5.82 Å². The van der Waals surface area contributed by atoms with Crippen molar-refractivity contribution in [3.8, 4) is 0 Å². The number of benzene rings is 1. The number of halogens is 1. The summed E-state index contributed by atoms with van der Waals surface area (Å²) in [6.45, 7) is 3.01. The molecule has 1 heterocycles. The van der Waals surface area contributed by atoms with Gasteiger partial charge in [-0.3, -0.25) is 4.90 Å². The quantitative estimate of drug-likeness (QED) is 0.881. The van der Waals surface area contributed by atoms with Crippen LogP contribution in [-0.2, 0) is 4.74 Å². The van der Waals surface area contributed by atoms with Crippen LogP contribution in [0.2, 0.25) is 0 Å². The molecule has 1 atom stereocenters. The molecule has 3 nitrogen and oxygen atoms in total. The first-order chi connectivity index (χ1) is 8.79. The van der Waals surface area contributed by atoms with Gasteiger partial charge in [0, 0.05) is 13.1 Å². The molecule has 0 saturated carbocycles. The summed E-state index contributed by atoms with van der Waals surface area (Å²) in [4.78, 5) is 2.18. The van der Waals surface area contributed by atoms with Gasteiger partial charge in [0.1, 0.15) is 5.82 Å². The van der Waals surface area contributed by atoms with Gasteiger partial charge >= 0.3 is 0 Å². The Morgan fingerprint density at radius 3 is 2.89 bits per heavy atom. The van der Waals surface area contributed by atoms with Gasteiger partial charge in [0.15, 0.2) is 0 Å². The zero-order valence-corrected chi connectivity index (χ0v) is 10.3. The van der Waals surface area contributed by atoms with Crippen LogP contribution in [0.3, 0.4) is 0 Å². The van der Waals surface area contributed by atoms with Crippen molar-refractivity contribution in [2.75, 3.05) is 32.9 Å². The van der Waals surface area contributed by atoms with Crippen LogP contribution in [-0.4, -0.2) is 49.0 Å². The summed E-state index contributed by atoms with van der Waals surface area (Å²) >= 11 is 0. The molecule has 1 fully saturated rings. The van der Waals surface area contributed by atoms with E-state index in [-0.39, 0.29) is 18.5 Å². The number of aliphatic hydroxyl groups is 1. The predicted molar refractivity (Wildman–Crippen MR) is 68.7 cm³/mol. The highest BCUT2D eigenvalue weighted by atomic mass is 19.1. The molecule has 2 rings (SSSR count). The topological polar surface area (TPSA) is 32.7 Å². The molecule has 0 spiro atoms. The van der Waals surface area contributed by atoms with Gasteiger partial charge < -0.3 is 9.84 Å². The van der Waals surface area contributed by atoms with Gasteiger partial charge in [-0.2, -0.15) is 0 Å². The lowest BCUT2D eigenvalue weighted by molar-refractivity contribution is -0.0218. The SMILES string of the molecule is OC[C@@H]1COCCN1C/C=C/c1ccc(F)cc1. The van der Waals surface area contributed by atoms with Crippen LogP contribution in [0.25, 0.3) is 6.08 Å². The second kappa shape index (κ2) is 6.64. The lowest BCUT2D eigenvalue weighted by atomic mass is 10.2. The molecule has 0 aliphatic carbocycles. The predicted octanol–water partition coefficient (Wildman–Crippen LogP) is 1.53. The minimum atomic E-state index is -0.222. The maximum atomic E-state index is 12.7. The van der Waals surface area contributed by atoms with Crippen molar-refractivity contribution in [2.45, 2.75) is 6.04 Å². The Morgan fingerprint density at radius 1 is 1.39 bits per heavy atom. The number of hydrogen-bond acceptors (Lipinski definition) is 3. The number of morpholine rings is 1. The zero-order valence-electron chi connectivity index (χ0n) is 10.3.